The van der Waals surface area contributed by atoms with Crippen LogP contribution in [0.1, 0.15) is 18.8 Å². The third kappa shape index (κ3) is 2.70. The molecular formula is C12H14BrN3O2. The lowest BCUT2D eigenvalue weighted by Crippen LogP contribution is -2.29. The van der Waals surface area contributed by atoms with E-state index in [0.717, 1.165) is 21.3 Å². The first-order chi connectivity index (χ1) is 8.47. The second-order valence-electron chi connectivity index (χ2n) is 4.27. The van der Waals surface area contributed by atoms with E-state index in [-0.39, 0.29) is 12.6 Å². The van der Waals surface area contributed by atoms with Crippen LogP contribution in [0, 0.1) is 0 Å². The number of carboxylic acid groups (broad SMARTS) is 1. The smallest absolute Gasteiger partial charge is 0.317 e. The van der Waals surface area contributed by atoms with Gasteiger partial charge in [0.05, 0.1) is 23.6 Å². The van der Waals surface area contributed by atoms with Crippen molar-refractivity contribution in [2.24, 2.45) is 0 Å². The van der Waals surface area contributed by atoms with Crippen LogP contribution in [0.15, 0.2) is 22.7 Å². The first-order valence-corrected chi connectivity index (χ1v) is 6.34. The molecule has 2 rings (SSSR count). The molecule has 1 atom stereocenters. The first kappa shape index (κ1) is 13.0. The summed E-state index contributed by atoms with van der Waals surface area (Å²) < 4.78 is 0.983. The maximum absolute atomic E-state index is 10.7. The summed E-state index contributed by atoms with van der Waals surface area (Å²) in [6.07, 6.45) is 0. The lowest BCUT2D eigenvalue weighted by molar-refractivity contribution is -0.138. The van der Waals surface area contributed by atoms with E-state index < -0.39 is 5.97 Å². The van der Waals surface area contributed by atoms with Crippen molar-refractivity contribution in [1.82, 2.24) is 14.9 Å². The number of hydrogen-bond acceptors (Lipinski definition) is 3. The summed E-state index contributed by atoms with van der Waals surface area (Å²) in [5, 5.41) is 8.78. The number of aromatic nitrogens is 2. The van der Waals surface area contributed by atoms with E-state index in [4.69, 9.17) is 5.11 Å². The molecule has 2 aromatic rings. The minimum atomic E-state index is -0.844. The van der Waals surface area contributed by atoms with Crippen molar-refractivity contribution in [1.29, 1.82) is 0 Å². The number of carboxylic acids is 1. The lowest BCUT2D eigenvalue weighted by atomic mass is 10.3. The highest BCUT2D eigenvalue weighted by atomic mass is 79.9. The molecule has 0 saturated heterocycles. The summed E-state index contributed by atoms with van der Waals surface area (Å²) in [5.74, 6) is -0.0740. The van der Waals surface area contributed by atoms with E-state index in [9.17, 15) is 4.79 Å². The molecule has 5 nitrogen and oxygen atoms in total. The van der Waals surface area contributed by atoms with Gasteiger partial charge in [0.15, 0.2) is 0 Å². The normalized spacial score (nSPS) is 13.1. The average molecular weight is 312 g/mol. The molecule has 1 aromatic heterocycles. The quantitative estimate of drug-likeness (QED) is 0.909. The Morgan fingerprint density at radius 1 is 1.61 bits per heavy atom. The summed E-state index contributed by atoms with van der Waals surface area (Å²) >= 11 is 3.40. The number of likely N-dealkylation sites (N-methyl/N-ethyl adjacent to an activating group) is 1. The summed E-state index contributed by atoms with van der Waals surface area (Å²) in [5.41, 5.74) is 1.82. The SMILES string of the molecule is CC(c1nc2ccc(Br)cc2[nH]1)N(C)CC(=O)O. The number of nitrogens with zero attached hydrogens (tertiary/aromatic N) is 2. The van der Waals surface area contributed by atoms with Gasteiger partial charge >= 0.3 is 5.97 Å². The molecule has 1 aromatic carbocycles. The zero-order valence-corrected chi connectivity index (χ0v) is 11.7. The maximum atomic E-state index is 10.7. The fraction of sp³-hybridized carbons (Fsp3) is 0.333. The Hall–Kier alpha value is -1.40. The van der Waals surface area contributed by atoms with Crippen molar-refractivity contribution in [3.05, 3.63) is 28.5 Å². The molecule has 0 fully saturated rings. The van der Waals surface area contributed by atoms with Gasteiger partial charge in [0.1, 0.15) is 5.82 Å². The van der Waals surface area contributed by atoms with Gasteiger partial charge in [-0.05, 0) is 32.2 Å². The Bertz CT molecular complexity index is 582. The number of carbonyl (C=O) groups is 1. The largest absolute Gasteiger partial charge is 0.480 e. The molecular weight excluding hydrogens is 298 g/mol. The monoisotopic (exact) mass is 311 g/mol. The van der Waals surface area contributed by atoms with Crippen LogP contribution in [0.5, 0.6) is 0 Å². The zero-order valence-electron chi connectivity index (χ0n) is 10.1. The minimum absolute atomic E-state index is 0.0120. The Labute approximate surface area is 113 Å². The molecule has 0 bridgehead atoms. The van der Waals surface area contributed by atoms with Crippen molar-refractivity contribution in [2.75, 3.05) is 13.6 Å². The Morgan fingerprint density at radius 2 is 2.33 bits per heavy atom. The lowest BCUT2D eigenvalue weighted by Gasteiger charge is -2.20. The summed E-state index contributed by atoms with van der Waals surface area (Å²) in [7, 11) is 1.77. The highest BCUT2D eigenvalue weighted by molar-refractivity contribution is 9.10. The average Bonchev–Trinajstić information content (AvgIpc) is 2.69. The van der Waals surface area contributed by atoms with Gasteiger partial charge in [-0.15, -0.1) is 0 Å². The molecule has 1 heterocycles. The molecule has 0 radical (unpaired) electrons. The van der Waals surface area contributed by atoms with Crippen LogP contribution >= 0.6 is 15.9 Å². The third-order valence-corrected chi connectivity index (χ3v) is 3.40. The van der Waals surface area contributed by atoms with E-state index in [1.54, 1.807) is 11.9 Å². The van der Waals surface area contributed by atoms with Crippen LogP contribution in [0.25, 0.3) is 11.0 Å². The van der Waals surface area contributed by atoms with E-state index in [1.807, 2.05) is 25.1 Å². The van der Waals surface area contributed by atoms with Crippen LogP contribution in [-0.4, -0.2) is 39.5 Å². The number of imidazole rings is 1. The van der Waals surface area contributed by atoms with Gasteiger partial charge in [0.2, 0.25) is 0 Å². The number of hydrogen-bond donors (Lipinski definition) is 2. The van der Waals surface area contributed by atoms with Crippen LogP contribution in [0.3, 0.4) is 0 Å². The zero-order chi connectivity index (χ0) is 13.3. The molecule has 6 heteroatoms. The Balaban J connectivity index is 2.27. The molecule has 0 saturated carbocycles. The van der Waals surface area contributed by atoms with Gasteiger partial charge in [0, 0.05) is 4.47 Å². The van der Waals surface area contributed by atoms with Crippen molar-refractivity contribution < 1.29 is 9.90 Å². The fourth-order valence-corrected chi connectivity index (χ4v) is 2.12. The number of halogens is 1. The Kier molecular flexibility index (Phi) is 3.68. The Morgan fingerprint density at radius 3 is 3.00 bits per heavy atom. The van der Waals surface area contributed by atoms with Crippen LogP contribution in [0.4, 0.5) is 0 Å². The molecule has 0 aliphatic heterocycles. The van der Waals surface area contributed by atoms with Crippen molar-refractivity contribution >= 4 is 32.9 Å². The van der Waals surface area contributed by atoms with E-state index in [1.165, 1.54) is 0 Å². The van der Waals surface area contributed by atoms with Gasteiger partial charge in [0.25, 0.3) is 0 Å². The van der Waals surface area contributed by atoms with Gasteiger partial charge < -0.3 is 10.1 Å². The molecule has 0 aliphatic carbocycles. The van der Waals surface area contributed by atoms with E-state index in [0.29, 0.717) is 0 Å². The van der Waals surface area contributed by atoms with Crippen molar-refractivity contribution in [3.8, 4) is 0 Å². The van der Waals surface area contributed by atoms with Gasteiger partial charge in [-0.2, -0.15) is 0 Å². The summed E-state index contributed by atoms with van der Waals surface area (Å²) in [6, 6.07) is 5.73. The molecule has 0 aliphatic rings. The third-order valence-electron chi connectivity index (χ3n) is 2.90. The summed E-state index contributed by atoms with van der Waals surface area (Å²) in [4.78, 5) is 20.1. The highest BCUT2D eigenvalue weighted by Gasteiger charge is 2.17. The number of aromatic amines is 1. The number of fused-ring (bicyclic) bond motifs is 1. The van der Waals surface area contributed by atoms with Crippen LogP contribution in [0.2, 0.25) is 0 Å². The number of aliphatic carboxylic acids is 1. The molecule has 1 unspecified atom stereocenters. The van der Waals surface area contributed by atoms with Crippen molar-refractivity contribution in [3.63, 3.8) is 0 Å². The number of rotatable bonds is 4. The molecule has 18 heavy (non-hydrogen) atoms. The highest BCUT2D eigenvalue weighted by Crippen LogP contribution is 2.22. The molecule has 0 spiro atoms. The molecule has 96 valence electrons. The van der Waals surface area contributed by atoms with Gasteiger partial charge in [-0.3, -0.25) is 9.69 Å². The second kappa shape index (κ2) is 5.07. The first-order valence-electron chi connectivity index (χ1n) is 5.54. The number of benzene rings is 1. The maximum Gasteiger partial charge on any atom is 0.317 e. The fourth-order valence-electron chi connectivity index (χ4n) is 1.76. The topological polar surface area (TPSA) is 69.2 Å². The van der Waals surface area contributed by atoms with Crippen LogP contribution < -0.4 is 0 Å². The van der Waals surface area contributed by atoms with Gasteiger partial charge in [-0.25, -0.2) is 4.98 Å². The predicted octanol–water partition coefficient (Wildman–Crippen LogP) is 2.40. The molecule has 0 amide bonds. The standard InChI is InChI=1S/C12H14BrN3O2/c1-7(16(2)6-11(17)18)12-14-9-4-3-8(13)5-10(9)15-12/h3-5,7H,6H2,1-2H3,(H,14,15)(H,17,18). The van der Waals surface area contributed by atoms with E-state index in [2.05, 4.69) is 25.9 Å². The second-order valence-corrected chi connectivity index (χ2v) is 5.18. The van der Waals surface area contributed by atoms with E-state index >= 15 is 0 Å². The predicted molar refractivity (Wildman–Crippen MR) is 72.5 cm³/mol. The van der Waals surface area contributed by atoms with Crippen molar-refractivity contribution in [2.45, 2.75) is 13.0 Å². The number of nitrogens with one attached hydrogen (secondary N) is 1. The number of H-pyrrole nitrogens is 1. The summed E-state index contributed by atoms with van der Waals surface area (Å²) in [6.45, 7) is 1.91. The van der Waals surface area contributed by atoms with Crippen LogP contribution in [-0.2, 0) is 4.79 Å². The minimum Gasteiger partial charge on any atom is -0.480 e. The van der Waals surface area contributed by atoms with Gasteiger partial charge in [-0.1, -0.05) is 15.9 Å². The molecule has 2 N–H and O–H groups in total.